The topological polar surface area (TPSA) is 71.1 Å². The van der Waals surface area contributed by atoms with Crippen LogP contribution in [0.1, 0.15) is 30.9 Å². The van der Waals surface area contributed by atoms with Crippen molar-refractivity contribution in [2.45, 2.75) is 38.9 Å². The molecule has 9 nitrogen and oxygen atoms in total. The van der Waals surface area contributed by atoms with E-state index in [0.717, 1.165) is 67.0 Å². The normalized spacial score (nSPS) is 13.0. The molecule has 6 rings (SSSR count). The summed E-state index contributed by atoms with van der Waals surface area (Å²) in [7, 11) is 9.83. The summed E-state index contributed by atoms with van der Waals surface area (Å²) in [5.41, 5.74) is 7.90. The lowest BCUT2D eigenvalue weighted by atomic mass is 9.98. The number of rotatable bonds is 16. The Balaban J connectivity index is 0.00000580. The molecular weight excluding hydrogens is 716 g/mol. The minimum Gasteiger partial charge on any atom is -0.494 e. The fourth-order valence-electron chi connectivity index (χ4n) is 7.37. The molecule has 1 aliphatic rings. The van der Waals surface area contributed by atoms with Crippen molar-refractivity contribution >= 4 is 18.1 Å². The van der Waals surface area contributed by atoms with Crippen molar-refractivity contribution in [1.29, 1.82) is 0 Å². The zero-order valence-corrected chi connectivity index (χ0v) is 33.7. The molecule has 10 heteroatoms. The smallest absolute Gasteiger partial charge is 0.203 e. The molecule has 1 saturated heterocycles. The van der Waals surface area contributed by atoms with E-state index in [2.05, 4.69) is 82.6 Å². The van der Waals surface area contributed by atoms with Gasteiger partial charge < -0.3 is 38.1 Å². The highest BCUT2D eigenvalue weighted by molar-refractivity contribution is 5.85. The molecule has 0 unspecified atom stereocenters. The first-order valence-corrected chi connectivity index (χ1v) is 18.4. The Labute approximate surface area is 332 Å². The average molecular weight is 769 g/mol. The first-order chi connectivity index (χ1) is 26.4. The Bertz CT molecular complexity index is 1950. The Hall–Kier alpha value is -5.25. The Morgan fingerprint density at radius 2 is 1.04 bits per heavy atom. The van der Waals surface area contributed by atoms with Gasteiger partial charge in [-0.1, -0.05) is 36.4 Å². The number of piperidine rings is 1. The standard InChI is InChI=1S/C45H52N2O7.ClH/c1-8-54-39-17-15-37(16-18-39)47(30-32-12-10-14-34(24-32)36-27-42(50-4)45(53-7)43(28-36)51-5)38-19-21-46(22-20-38)29-31-11-9-13-33(23-31)35-25-40(48-2)44(52-6)41(26-35)49-3;/h9-18,23-28,38H,8,19-22,29-30H2,1-7H3;1H. The van der Waals surface area contributed by atoms with Gasteiger partial charge in [0.1, 0.15) is 5.75 Å². The fourth-order valence-corrected chi connectivity index (χ4v) is 7.37. The highest BCUT2D eigenvalue weighted by Crippen LogP contribution is 2.43. The molecule has 55 heavy (non-hydrogen) atoms. The van der Waals surface area contributed by atoms with Crippen LogP contribution in [0, 0.1) is 0 Å². The van der Waals surface area contributed by atoms with E-state index < -0.39 is 0 Å². The van der Waals surface area contributed by atoms with Gasteiger partial charge in [0.15, 0.2) is 23.0 Å². The Morgan fingerprint density at radius 3 is 1.49 bits per heavy atom. The lowest BCUT2D eigenvalue weighted by molar-refractivity contribution is 0.201. The highest BCUT2D eigenvalue weighted by atomic mass is 35.5. The van der Waals surface area contributed by atoms with E-state index >= 15 is 0 Å². The molecule has 0 N–H and O–H groups in total. The molecule has 0 radical (unpaired) electrons. The summed E-state index contributed by atoms with van der Waals surface area (Å²) >= 11 is 0. The second-order valence-corrected chi connectivity index (χ2v) is 13.3. The highest BCUT2D eigenvalue weighted by Gasteiger charge is 2.26. The summed E-state index contributed by atoms with van der Waals surface area (Å²) in [6.45, 7) is 6.30. The molecule has 1 aliphatic heterocycles. The predicted molar refractivity (Wildman–Crippen MR) is 222 cm³/mol. The summed E-state index contributed by atoms with van der Waals surface area (Å²) in [4.78, 5) is 5.12. The monoisotopic (exact) mass is 768 g/mol. The minimum atomic E-state index is 0. The number of anilines is 1. The van der Waals surface area contributed by atoms with Gasteiger partial charge in [0, 0.05) is 37.9 Å². The van der Waals surface area contributed by atoms with Crippen LogP contribution in [0.4, 0.5) is 5.69 Å². The van der Waals surface area contributed by atoms with Crippen molar-refractivity contribution < 1.29 is 33.2 Å². The van der Waals surface area contributed by atoms with Crippen LogP contribution in [-0.2, 0) is 13.1 Å². The summed E-state index contributed by atoms with van der Waals surface area (Å²) in [6, 6.07) is 34.4. The molecule has 0 aliphatic carbocycles. The number of hydrogen-bond acceptors (Lipinski definition) is 9. The number of hydrogen-bond donors (Lipinski definition) is 0. The SMILES string of the molecule is CCOc1ccc(N(Cc2cccc(-c3cc(OC)c(OC)c(OC)c3)c2)C2CCN(Cc3cccc(-c4cc(OC)c(OC)c(OC)c4)c3)CC2)cc1.Cl. The first kappa shape index (κ1) is 40.9. The molecule has 1 heterocycles. The van der Waals surface area contributed by atoms with Crippen molar-refractivity contribution in [3.8, 4) is 62.5 Å². The van der Waals surface area contributed by atoms with Gasteiger partial charge in [0.05, 0.1) is 49.3 Å². The summed E-state index contributed by atoms with van der Waals surface area (Å²) in [5.74, 6) is 4.61. The van der Waals surface area contributed by atoms with Crippen molar-refractivity contribution in [1.82, 2.24) is 4.90 Å². The van der Waals surface area contributed by atoms with Gasteiger partial charge in [-0.3, -0.25) is 4.90 Å². The molecule has 0 bridgehead atoms. The number of ether oxygens (including phenoxy) is 7. The summed E-state index contributed by atoms with van der Waals surface area (Å²) in [5, 5.41) is 0. The second kappa shape index (κ2) is 19.4. The maximum atomic E-state index is 5.79. The summed E-state index contributed by atoms with van der Waals surface area (Å²) < 4.78 is 39.5. The van der Waals surface area contributed by atoms with Crippen molar-refractivity contribution in [3.05, 3.63) is 108 Å². The molecule has 0 atom stereocenters. The van der Waals surface area contributed by atoms with E-state index in [1.54, 1.807) is 42.7 Å². The lowest BCUT2D eigenvalue weighted by Gasteiger charge is -2.40. The third-order valence-corrected chi connectivity index (χ3v) is 10.1. The quantitative estimate of drug-likeness (QED) is 0.0977. The van der Waals surface area contributed by atoms with Crippen LogP contribution in [-0.4, -0.2) is 73.3 Å². The van der Waals surface area contributed by atoms with Gasteiger partial charge in [-0.15, -0.1) is 12.4 Å². The van der Waals surface area contributed by atoms with E-state index in [1.165, 1.54) is 16.8 Å². The van der Waals surface area contributed by atoms with Gasteiger partial charge in [0.2, 0.25) is 11.5 Å². The van der Waals surface area contributed by atoms with Crippen LogP contribution in [0.3, 0.4) is 0 Å². The molecule has 0 spiro atoms. The maximum absolute atomic E-state index is 5.79. The average Bonchev–Trinajstić information content (AvgIpc) is 3.22. The maximum Gasteiger partial charge on any atom is 0.203 e. The number of benzene rings is 5. The third-order valence-electron chi connectivity index (χ3n) is 10.1. The van der Waals surface area contributed by atoms with E-state index in [4.69, 9.17) is 33.2 Å². The van der Waals surface area contributed by atoms with Gasteiger partial charge in [-0.2, -0.15) is 0 Å². The van der Waals surface area contributed by atoms with E-state index in [1.807, 2.05) is 31.2 Å². The van der Waals surface area contributed by atoms with E-state index in [-0.39, 0.29) is 12.4 Å². The van der Waals surface area contributed by atoms with Crippen LogP contribution in [0.15, 0.2) is 97.1 Å². The molecule has 1 fully saturated rings. The predicted octanol–water partition coefficient (Wildman–Crippen LogP) is 9.56. The zero-order valence-electron chi connectivity index (χ0n) is 32.9. The van der Waals surface area contributed by atoms with Crippen LogP contribution in [0.25, 0.3) is 22.3 Å². The van der Waals surface area contributed by atoms with Gasteiger partial charge >= 0.3 is 0 Å². The second-order valence-electron chi connectivity index (χ2n) is 13.3. The summed E-state index contributed by atoms with van der Waals surface area (Å²) in [6.07, 6.45) is 2.10. The molecule has 5 aromatic carbocycles. The first-order valence-electron chi connectivity index (χ1n) is 18.4. The molecule has 0 amide bonds. The number of methoxy groups -OCH3 is 6. The molecule has 0 aromatic heterocycles. The number of nitrogens with zero attached hydrogens (tertiary/aromatic N) is 2. The fraction of sp³-hybridized carbons (Fsp3) is 0.333. The molecule has 5 aromatic rings. The number of likely N-dealkylation sites (tertiary alicyclic amines) is 1. The van der Waals surface area contributed by atoms with Gasteiger partial charge in [0.25, 0.3) is 0 Å². The minimum absolute atomic E-state index is 0. The van der Waals surface area contributed by atoms with E-state index in [0.29, 0.717) is 47.1 Å². The van der Waals surface area contributed by atoms with Crippen molar-refractivity contribution in [2.24, 2.45) is 0 Å². The third kappa shape index (κ3) is 9.53. The zero-order chi connectivity index (χ0) is 38.0. The molecule has 292 valence electrons. The van der Waals surface area contributed by atoms with Gasteiger partial charge in [-0.05, 0) is 114 Å². The van der Waals surface area contributed by atoms with Crippen LogP contribution in [0.5, 0.6) is 40.2 Å². The van der Waals surface area contributed by atoms with Crippen LogP contribution < -0.4 is 38.1 Å². The lowest BCUT2D eigenvalue weighted by Crippen LogP contribution is -2.44. The van der Waals surface area contributed by atoms with Crippen molar-refractivity contribution in [3.63, 3.8) is 0 Å². The largest absolute Gasteiger partial charge is 0.494 e. The van der Waals surface area contributed by atoms with Crippen LogP contribution in [0.2, 0.25) is 0 Å². The molecular formula is C45H53ClN2O7. The number of halogens is 1. The Morgan fingerprint density at radius 1 is 0.564 bits per heavy atom. The van der Waals surface area contributed by atoms with Crippen molar-refractivity contribution in [2.75, 3.05) is 67.3 Å². The van der Waals surface area contributed by atoms with Gasteiger partial charge in [-0.25, -0.2) is 0 Å². The van der Waals surface area contributed by atoms with E-state index in [9.17, 15) is 0 Å². The van der Waals surface area contributed by atoms with Crippen LogP contribution >= 0.6 is 12.4 Å². The Kier molecular flexibility index (Phi) is 14.4. The molecule has 0 saturated carbocycles.